The molecule has 1 atom stereocenters. The summed E-state index contributed by atoms with van der Waals surface area (Å²) in [6, 6.07) is 13.7. The van der Waals surface area contributed by atoms with E-state index in [0.717, 1.165) is 17.0 Å². The molecule has 0 unspecified atom stereocenters. The molecule has 0 aliphatic rings. The molecule has 2 rings (SSSR count). The van der Waals surface area contributed by atoms with Gasteiger partial charge in [-0.2, -0.15) is 0 Å². The smallest absolute Gasteiger partial charge is 0.130 e. The number of aromatic nitrogens is 1. The van der Waals surface area contributed by atoms with Crippen LogP contribution in [0.4, 0.5) is 0 Å². The number of hydrogen-bond donors (Lipinski definition) is 1. The van der Waals surface area contributed by atoms with Gasteiger partial charge in [0, 0.05) is 12.2 Å². The largest absolute Gasteiger partial charge is 0.487 e. The van der Waals surface area contributed by atoms with Gasteiger partial charge in [-0.15, -0.1) is 0 Å². The van der Waals surface area contributed by atoms with Gasteiger partial charge in [-0.3, -0.25) is 4.98 Å². The van der Waals surface area contributed by atoms with Crippen molar-refractivity contribution < 1.29 is 4.74 Å². The van der Waals surface area contributed by atoms with E-state index in [9.17, 15) is 0 Å². The van der Waals surface area contributed by atoms with E-state index in [1.165, 1.54) is 0 Å². The summed E-state index contributed by atoms with van der Waals surface area (Å²) < 4.78 is 5.62. The minimum Gasteiger partial charge on any atom is -0.487 e. The quantitative estimate of drug-likeness (QED) is 0.875. The van der Waals surface area contributed by atoms with Crippen molar-refractivity contribution in [3.8, 4) is 5.75 Å². The number of nitrogens with zero attached hydrogens (tertiary/aromatic N) is 1. The molecule has 1 heterocycles. The summed E-state index contributed by atoms with van der Waals surface area (Å²) >= 11 is 0. The van der Waals surface area contributed by atoms with E-state index < -0.39 is 0 Å². The third-order valence-corrected chi connectivity index (χ3v) is 2.52. The number of nitrogens with two attached hydrogens (primary N) is 1. The first-order valence-corrected chi connectivity index (χ1v) is 5.64. The summed E-state index contributed by atoms with van der Waals surface area (Å²) in [5, 5.41) is 0. The molecule has 1 aromatic carbocycles. The molecular formula is C14H16N2O. The molecule has 0 aliphatic carbocycles. The molecule has 0 saturated carbocycles. The molecule has 0 radical (unpaired) electrons. The van der Waals surface area contributed by atoms with Crippen LogP contribution in [0.1, 0.15) is 24.2 Å². The number of hydrogen-bond acceptors (Lipinski definition) is 3. The van der Waals surface area contributed by atoms with Gasteiger partial charge < -0.3 is 10.5 Å². The molecule has 0 saturated heterocycles. The maximum absolute atomic E-state index is 5.78. The molecular weight excluding hydrogens is 212 g/mol. The summed E-state index contributed by atoms with van der Waals surface area (Å²) in [6.45, 7) is 2.45. The minimum absolute atomic E-state index is 0.0554. The topological polar surface area (TPSA) is 48.1 Å². The highest BCUT2D eigenvalue weighted by atomic mass is 16.5. The van der Waals surface area contributed by atoms with E-state index in [-0.39, 0.29) is 6.04 Å². The fraction of sp³-hybridized carbons (Fsp3) is 0.214. The van der Waals surface area contributed by atoms with Crippen molar-refractivity contribution in [2.45, 2.75) is 19.6 Å². The summed E-state index contributed by atoms with van der Waals surface area (Å²) in [7, 11) is 0. The zero-order valence-electron chi connectivity index (χ0n) is 9.84. The molecule has 2 N–H and O–H groups in total. The van der Waals surface area contributed by atoms with Crippen LogP contribution in [0, 0.1) is 0 Å². The van der Waals surface area contributed by atoms with Gasteiger partial charge in [0.05, 0.1) is 5.69 Å². The lowest BCUT2D eigenvalue weighted by Crippen LogP contribution is -2.04. The fourth-order valence-corrected chi connectivity index (χ4v) is 1.51. The Morgan fingerprint density at radius 2 is 1.94 bits per heavy atom. The van der Waals surface area contributed by atoms with Crippen molar-refractivity contribution in [1.82, 2.24) is 4.98 Å². The molecule has 0 aliphatic heterocycles. The molecule has 0 spiro atoms. The van der Waals surface area contributed by atoms with E-state index in [4.69, 9.17) is 10.5 Å². The van der Waals surface area contributed by atoms with Crippen LogP contribution in [0.25, 0.3) is 0 Å². The molecule has 3 nitrogen and oxygen atoms in total. The first-order valence-electron chi connectivity index (χ1n) is 5.64. The molecule has 0 bridgehead atoms. The molecule has 88 valence electrons. The summed E-state index contributed by atoms with van der Waals surface area (Å²) in [6.07, 6.45) is 1.76. The van der Waals surface area contributed by atoms with Gasteiger partial charge in [0.25, 0.3) is 0 Å². The number of rotatable bonds is 4. The van der Waals surface area contributed by atoms with Crippen molar-refractivity contribution in [2.75, 3.05) is 0 Å². The van der Waals surface area contributed by atoms with Gasteiger partial charge in [-0.1, -0.05) is 18.2 Å². The predicted octanol–water partition coefficient (Wildman–Crippen LogP) is 2.68. The second kappa shape index (κ2) is 5.46. The monoisotopic (exact) mass is 228 g/mol. The van der Waals surface area contributed by atoms with Crippen LogP contribution in [0.3, 0.4) is 0 Å². The Hall–Kier alpha value is -1.87. The Kier molecular flexibility index (Phi) is 3.73. The number of benzene rings is 1. The molecule has 0 amide bonds. The van der Waals surface area contributed by atoms with Gasteiger partial charge in [-0.25, -0.2) is 0 Å². The van der Waals surface area contributed by atoms with Gasteiger partial charge in [0.2, 0.25) is 0 Å². The zero-order valence-corrected chi connectivity index (χ0v) is 9.84. The minimum atomic E-state index is 0.0554. The second-order valence-electron chi connectivity index (χ2n) is 3.97. The van der Waals surface area contributed by atoms with Crippen LogP contribution in [-0.4, -0.2) is 4.98 Å². The Balaban J connectivity index is 1.96. The molecule has 3 heteroatoms. The Bertz CT molecular complexity index is 451. The van der Waals surface area contributed by atoms with Gasteiger partial charge in [-0.05, 0) is 36.8 Å². The summed E-state index contributed by atoms with van der Waals surface area (Å²) in [4.78, 5) is 4.19. The highest BCUT2D eigenvalue weighted by Gasteiger charge is 2.00. The predicted molar refractivity (Wildman–Crippen MR) is 67.6 cm³/mol. The van der Waals surface area contributed by atoms with Crippen LogP contribution in [0.5, 0.6) is 5.75 Å². The van der Waals surface area contributed by atoms with E-state index >= 15 is 0 Å². The third-order valence-electron chi connectivity index (χ3n) is 2.52. The molecule has 17 heavy (non-hydrogen) atoms. The maximum Gasteiger partial charge on any atom is 0.130 e. The Morgan fingerprint density at radius 3 is 2.53 bits per heavy atom. The highest BCUT2D eigenvalue weighted by molar-refractivity contribution is 5.28. The van der Waals surface area contributed by atoms with Crippen molar-refractivity contribution in [3.05, 3.63) is 59.9 Å². The normalized spacial score (nSPS) is 12.1. The molecule has 2 aromatic rings. The fourth-order valence-electron chi connectivity index (χ4n) is 1.51. The van der Waals surface area contributed by atoms with Crippen LogP contribution in [-0.2, 0) is 6.61 Å². The van der Waals surface area contributed by atoms with Crippen molar-refractivity contribution in [2.24, 2.45) is 5.73 Å². The van der Waals surface area contributed by atoms with E-state index in [1.54, 1.807) is 6.20 Å². The van der Waals surface area contributed by atoms with Crippen molar-refractivity contribution in [1.29, 1.82) is 0 Å². The van der Waals surface area contributed by atoms with Gasteiger partial charge >= 0.3 is 0 Å². The van der Waals surface area contributed by atoms with Gasteiger partial charge in [0.1, 0.15) is 12.4 Å². The Labute approximate surface area is 101 Å². The highest BCUT2D eigenvalue weighted by Crippen LogP contribution is 2.16. The van der Waals surface area contributed by atoms with E-state index in [2.05, 4.69) is 4.98 Å². The van der Waals surface area contributed by atoms with Crippen molar-refractivity contribution >= 4 is 0 Å². The molecule has 0 fully saturated rings. The number of pyridine rings is 1. The average Bonchev–Trinajstić information content (AvgIpc) is 2.38. The van der Waals surface area contributed by atoms with Crippen LogP contribution < -0.4 is 10.5 Å². The first-order chi connectivity index (χ1) is 8.25. The lowest BCUT2D eigenvalue weighted by Gasteiger charge is -2.08. The van der Waals surface area contributed by atoms with Crippen LogP contribution in [0.2, 0.25) is 0 Å². The number of ether oxygens (including phenoxy) is 1. The zero-order chi connectivity index (χ0) is 12.1. The average molecular weight is 228 g/mol. The second-order valence-corrected chi connectivity index (χ2v) is 3.97. The lowest BCUT2D eigenvalue weighted by atomic mass is 10.1. The van der Waals surface area contributed by atoms with Crippen LogP contribution in [0.15, 0.2) is 48.7 Å². The Morgan fingerprint density at radius 1 is 1.18 bits per heavy atom. The van der Waals surface area contributed by atoms with Gasteiger partial charge in [0.15, 0.2) is 0 Å². The summed E-state index contributed by atoms with van der Waals surface area (Å²) in [5.74, 6) is 0.833. The third kappa shape index (κ3) is 3.29. The van der Waals surface area contributed by atoms with E-state index in [0.29, 0.717) is 6.61 Å². The first kappa shape index (κ1) is 11.6. The van der Waals surface area contributed by atoms with Crippen LogP contribution >= 0.6 is 0 Å². The SMILES string of the molecule is C[C@H](N)c1ccc(OCc2ccccn2)cc1. The summed E-state index contributed by atoms with van der Waals surface area (Å²) in [5.41, 5.74) is 7.80. The molecule has 1 aromatic heterocycles. The van der Waals surface area contributed by atoms with Crippen molar-refractivity contribution in [3.63, 3.8) is 0 Å². The van der Waals surface area contributed by atoms with E-state index in [1.807, 2.05) is 49.4 Å². The lowest BCUT2D eigenvalue weighted by molar-refractivity contribution is 0.301. The standard InChI is InChI=1S/C14H16N2O/c1-11(15)12-5-7-14(8-6-12)17-10-13-4-2-3-9-16-13/h2-9,11H,10,15H2,1H3/t11-/m0/s1. The maximum atomic E-state index is 5.78.